The molecule has 0 radical (unpaired) electrons. The Bertz CT molecular complexity index is 670. The van der Waals surface area contributed by atoms with Crippen molar-refractivity contribution in [1.29, 1.82) is 0 Å². The van der Waals surface area contributed by atoms with Crippen molar-refractivity contribution in [3.8, 4) is 0 Å². The van der Waals surface area contributed by atoms with Crippen LogP contribution in [0.5, 0.6) is 0 Å². The first-order valence-electron chi connectivity index (χ1n) is 6.93. The van der Waals surface area contributed by atoms with Gasteiger partial charge in [0.05, 0.1) is 0 Å². The van der Waals surface area contributed by atoms with Crippen LogP contribution in [0.1, 0.15) is 67.8 Å². The van der Waals surface area contributed by atoms with Gasteiger partial charge in [-0.3, -0.25) is 0 Å². The molecule has 0 fully saturated rings. The largest absolute Gasteiger partial charge is 0.475 e. The monoisotopic (exact) mass is 274 g/mol. The Kier molecular flexibility index (Phi) is 3.41. The fraction of sp³-hybridized carbons (Fsp3) is 0.471. The fourth-order valence-corrected chi connectivity index (χ4v) is 2.65. The van der Waals surface area contributed by atoms with Gasteiger partial charge in [0.1, 0.15) is 5.58 Å². The molecule has 0 unspecified atom stereocenters. The van der Waals surface area contributed by atoms with Crippen molar-refractivity contribution < 1.29 is 14.3 Å². The molecular weight excluding hydrogens is 252 g/mol. The van der Waals surface area contributed by atoms with Gasteiger partial charge in [-0.15, -0.1) is 0 Å². The summed E-state index contributed by atoms with van der Waals surface area (Å²) in [4.78, 5) is 11.4. The van der Waals surface area contributed by atoms with Crippen molar-refractivity contribution in [3.05, 3.63) is 34.6 Å². The van der Waals surface area contributed by atoms with E-state index in [2.05, 4.69) is 26.8 Å². The molecule has 0 aliphatic rings. The summed E-state index contributed by atoms with van der Waals surface area (Å²) in [6.07, 6.45) is 0. The standard InChI is InChI=1S/C17H22O3/c1-9(2)13-11-7-10(3)8-12(17(4,5)6)14(11)20-15(13)16(18)19/h7-9H,1-6H3,(H,18,19). The molecule has 0 aliphatic heterocycles. The molecule has 3 heteroatoms. The molecule has 0 saturated heterocycles. The van der Waals surface area contributed by atoms with Crippen molar-refractivity contribution >= 4 is 16.9 Å². The first-order chi connectivity index (χ1) is 9.12. The Labute approximate surface area is 119 Å². The van der Waals surface area contributed by atoms with E-state index in [1.807, 2.05) is 26.8 Å². The van der Waals surface area contributed by atoms with Gasteiger partial charge in [0.25, 0.3) is 0 Å². The van der Waals surface area contributed by atoms with Crippen molar-refractivity contribution in [2.24, 2.45) is 0 Å². The Morgan fingerprint density at radius 1 is 1.25 bits per heavy atom. The van der Waals surface area contributed by atoms with Crippen LogP contribution in [-0.4, -0.2) is 11.1 Å². The molecule has 1 aromatic heterocycles. The van der Waals surface area contributed by atoms with Crippen molar-refractivity contribution in [2.75, 3.05) is 0 Å². The summed E-state index contributed by atoms with van der Waals surface area (Å²) in [6, 6.07) is 4.11. The fourth-order valence-electron chi connectivity index (χ4n) is 2.65. The summed E-state index contributed by atoms with van der Waals surface area (Å²) >= 11 is 0. The van der Waals surface area contributed by atoms with E-state index in [1.54, 1.807) is 0 Å². The minimum Gasteiger partial charge on any atom is -0.475 e. The third-order valence-corrected chi connectivity index (χ3v) is 3.55. The number of rotatable bonds is 2. The van der Waals surface area contributed by atoms with Gasteiger partial charge in [0.2, 0.25) is 5.76 Å². The maximum atomic E-state index is 11.4. The van der Waals surface area contributed by atoms with Crippen LogP contribution in [0.3, 0.4) is 0 Å². The molecule has 0 amide bonds. The molecule has 0 bridgehead atoms. The number of furan rings is 1. The summed E-state index contributed by atoms with van der Waals surface area (Å²) in [5.74, 6) is -0.814. The lowest BCUT2D eigenvalue weighted by molar-refractivity contribution is 0.0662. The van der Waals surface area contributed by atoms with Gasteiger partial charge in [-0.25, -0.2) is 4.79 Å². The number of aromatic carboxylic acids is 1. The number of carbonyl (C=O) groups is 1. The molecule has 1 aromatic carbocycles. The molecule has 1 N–H and O–H groups in total. The van der Waals surface area contributed by atoms with Gasteiger partial charge in [0, 0.05) is 16.5 Å². The van der Waals surface area contributed by atoms with Crippen molar-refractivity contribution in [1.82, 2.24) is 0 Å². The van der Waals surface area contributed by atoms with Crippen molar-refractivity contribution in [3.63, 3.8) is 0 Å². The molecule has 0 spiro atoms. The predicted molar refractivity (Wildman–Crippen MR) is 80.7 cm³/mol. The summed E-state index contributed by atoms with van der Waals surface area (Å²) < 4.78 is 5.74. The molecule has 3 nitrogen and oxygen atoms in total. The maximum Gasteiger partial charge on any atom is 0.372 e. The molecule has 2 aromatic rings. The molecule has 20 heavy (non-hydrogen) atoms. The number of benzene rings is 1. The highest BCUT2D eigenvalue weighted by Gasteiger charge is 2.27. The van der Waals surface area contributed by atoms with Crippen LogP contribution < -0.4 is 0 Å². The van der Waals surface area contributed by atoms with E-state index in [0.717, 1.165) is 22.1 Å². The number of aryl methyl sites for hydroxylation is 1. The van der Waals surface area contributed by atoms with Gasteiger partial charge in [-0.2, -0.15) is 0 Å². The Balaban J connectivity index is 2.94. The molecule has 2 rings (SSSR count). The van der Waals surface area contributed by atoms with Crippen LogP contribution in [0, 0.1) is 6.92 Å². The van der Waals surface area contributed by atoms with Gasteiger partial charge < -0.3 is 9.52 Å². The van der Waals surface area contributed by atoms with Gasteiger partial charge in [0.15, 0.2) is 0 Å². The zero-order valence-corrected chi connectivity index (χ0v) is 13.0. The summed E-state index contributed by atoms with van der Waals surface area (Å²) in [5, 5.41) is 10.3. The van der Waals surface area contributed by atoms with Crippen LogP contribution in [0.15, 0.2) is 16.5 Å². The van der Waals surface area contributed by atoms with Gasteiger partial charge in [-0.1, -0.05) is 40.7 Å². The zero-order chi connectivity index (χ0) is 15.2. The molecule has 0 atom stereocenters. The normalized spacial score (nSPS) is 12.3. The topological polar surface area (TPSA) is 50.4 Å². The second kappa shape index (κ2) is 4.65. The maximum absolute atomic E-state index is 11.4. The molecular formula is C17H22O3. The van der Waals surface area contributed by atoms with Gasteiger partial charge >= 0.3 is 5.97 Å². The van der Waals surface area contributed by atoms with E-state index in [0.29, 0.717) is 5.58 Å². The third-order valence-electron chi connectivity index (χ3n) is 3.55. The lowest BCUT2D eigenvalue weighted by Crippen LogP contribution is -2.11. The van der Waals surface area contributed by atoms with Gasteiger partial charge in [-0.05, 0) is 29.9 Å². The number of carboxylic acid groups (broad SMARTS) is 1. The van der Waals surface area contributed by atoms with Crippen LogP contribution in [0.2, 0.25) is 0 Å². The van der Waals surface area contributed by atoms with Crippen LogP contribution in [0.4, 0.5) is 0 Å². The first kappa shape index (κ1) is 14.6. The Morgan fingerprint density at radius 3 is 2.30 bits per heavy atom. The Hall–Kier alpha value is -1.77. The number of hydrogen-bond donors (Lipinski definition) is 1. The average Bonchev–Trinajstić information content (AvgIpc) is 2.65. The predicted octanol–water partition coefficient (Wildman–Crippen LogP) is 4.86. The highest BCUT2D eigenvalue weighted by molar-refractivity contribution is 5.97. The zero-order valence-electron chi connectivity index (χ0n) is 13.0. The lowest BCUT2D eigenvalue weighted by atomic mass is 9.84. The van der Waals surface area contributed by atoms with Crippen LogP contribution in [0.25, 0.3) is 11.0 Å². The minimum atomic E-state index is -0.998. The molecule has 0 aliphatic carbocycles. The first-order valence-corrected chi connectivity index (χ1v) is 6.93. The van der Waals surface area contributed by atoms with Crippen LogP contribution in [-0.2, 0) is 5.41 Å². The Morgan fingerprint density at radius 2 is 1.85 bits per heavy atom. The third kappa shape index (κ3) is 2.33. The van der Waals surface area contributed by atoms with E-state index < -0.39 is 5.97 Å². The minimum absolute atomic E-state index is 0.0751. The summed E-state index contributed by atoms with van der Waals surface area (Å²) in [7, 11) is 0. The quantitative estimate of drug-likeness (QED) is 0.850. The molecule has 1 heterocycles. The van der Waals surface area contributed by atoms with E-state index in [-0.39, 0.29) is 17.1 Å². The molecule has 108 valence electrons. The average molecular weight is 274 g/mol. The SMILES string of the molecule is Cc1cc(C(C)(C)C)c2oc(C(=O)O)c(C(C)C)c2c1. The second-order valence-corrected chi connectivity index (χ2v) is 6.74. The van der Waals surface area contributed by atoms with E-state index in [1.165, 1.54) is 0 Å². The second-order valence-electron chi connectivity index (χ2n) is 6.74. The summed E-state index contributed by atoms with van der Waals surface area (Å²) in [5.41, 5.74) is 3.60. The van der Waals surface area contributed by atoms with Crippen LogP contribution >= 0.6 is 0 Å². The number of carboxylic acids is 1. The highest BCUT2D eigenvalue weighted by Crippen LogP contribution is 2.38. The lowest BCUT2D eigenvalue weighted by Gasteiger charge is -2.20. The summed E-state index contributed by atoms with van der Waals surface area (Å²) in [6.45, 7) is 12.4. The number of hydrogen-bond acceptors (Lipinski definition) is 2. The highest BCUT2D eigenvalue weighted by atomic mass is 16.4. The van der Waals surface area contributed by atoms with E-state index in [9.17, 15) is 9.90 Å². The van der Waals surface area contributed by atoms with Crippen molar-refractivity contribution in [2.45, 2.75) is 52.9 Å². The smallest absolute Gasteiger partial charge is 0.372 e. The van der Waals surface area contributed by atoms with E-state index in [4.69, 9.17) is 4.42 Å². The number of fused-ring (bicyclic) bond motifs is 1. The van der Waals surface area contributed by atoms with E-state index >= 15 is 0 Å². The molecule has 0 saturated carbocycles.